The molecular weight excluding hydrogens is 200 g/mol. The number of carbonyl (C=O) groups is 1. The van der Waals surface area contributed by atoms with Crippen LogP contribution in [0.15, 0.2) is 73.1 Å². The Morgan fingerprint density at radius 2 is 1.88 bits per heavy atom. The minimum atomic E-state index is -0.0649. The third-order valence-corrected chi connectivity index (χ3v) is 2.12. The molecule has 0 amide bonds. The number of allylic oxidation sites excluding steroid dienone is 7. The van der Waals surface area contributed by atoms with Crippen molar-refractivity contribution in [2.45, 2.75) is 0 Å². The average Bonchev–Trinajstić information content (AvgIpc) is 2.31. The molecule has 1 aliphatic heterocycles. The Morgan fingerprint density at radius 3 is 2.44 bits per heavy atom. The van der Waals surface area contributed by atoms with Crippen molar-refractivity contribution in [3.05, 3.63) is 73.1 Å². The molecule has 82 valence electrons. The summed E-state index contributed by atoms with van der Waals surface area (Å²) in [4.78, 5) is 11.9. The van der Waals surface area contributed by atoms with Crippen LogP contribution in [0.1, 0.15) is 0 Å². The number of ether oxygens (including phenoxy) is 1. The molecule has 0 saturated heterocycles. The molecule has 1 heterocycles. The number of carbonyl (C=O) groups excluding carboxylic acids is 1. The first kappa shape index (κ1) is 12.0. The monoisotopic (exact) mass is 214 g/mol. The highest BCUT2D eigenvalue weighted by Gasteiger charge is 2.21. The summed E-state index contributed by atoms with van der Waals surface area (Å²) in [5.74, 6) is 0.426. The van der Waals surface area contributed by atoms with Gasteiger partial charge < -0.3 is 4.74 Å². The molecule has 0 N–H and O–H groups in total. The van der Waals surface area contributed by atoms with Crippen molar-refractivity contribution in [3.63, 3.8) is 0 Å². The zero-order chi connectivity index (χ0) is 12.0. The van der Waals surface area contributed by atoms with Crippen LogP contribution in [0.3, 0.4) is 0 Å². The third kappa shape index (κ3) is 2.48. The molecular formula is C14H14O2. The molecule has 0 aromatic rings. The van der Waals surface area contributed by atoms with Crippen LogP contribution in [0.25, 0.3) is 0 Å². The molecule has 1 rings (SSSR count). The zero-order valence-electron chi connectivity index (χ0n) is 9.11. The molecule has 2 heteroatoms. The van der Waals surface area contributed by atoms with Gasteiger partial charge in [-0.15, -0.1) is 0 Å². The summed E-state index contributed by atoms with van der Waals surface area (Å²) >= 11 is 0. The van der Waals surface area contributed by atoms with Gasteiger partial charge in [0.2, 0.25) is 0 Å². The van der Waals surface area contributed by atoms with E-state index in [0.29, 0.717) is 16.9 Å². The lowest BCUT2D eigenvalue weighted by Crippen LogP contribution is -2.18. The van der Waals surface area contributed by atoms with Gasteiger partial charge in [-0.3, -0.25) is 4.79 Å². The standard InChI is InChI=1S/C14H14O2/c1-4-7-8-9-11-10-16-13(6-3)12(5-2)14(11)15/h4-9H,1-3,10H2/b8-7-,11-9+. The molecule has 1 aliphatic rings. The highest BCUT2D eigenvalue weighted by molar-refractivity contribution is 6.11. The quantitative estimate of drug-likeness (QED) is 0.531. The molecule has 0 aliphatic carbocycles. The number of hydrogen-bond donors (Lipinski definition) is 0. The Balaban J connectivity index is 3.03. The summed E-state index contributed by atoms with van der Waals surface area (Å²) in [6.07, 6.45) is 9.87. The molecule has 0 fully saturated rings. The predicted octanol–water partition coefficient (Wildman–Crippen LogP) is 2.88. The molecule has 0 atom stereocenters. The fourth-order valence-corrected chi connectivity index (χ4v) is 1.32. The maximum Gasteiger partial charge on any atom is 0.196 e. The molecule has 16 heavy (non-hydrogen) atoms. The van der Waals surface area contributed by atoms with Gasteiger partial charge in [0.15, 0.2) is 5.78 Å². The molecule has 0 bridgehead atoms. The van der Waals surface area contributed by atoms with Crippen LogP contribution in [0.4, 0.5) is 0 Å². The van der Waals surface area contributed by atoms with Crippen LogP contribution < -0.4 is 0 Å². The minimum absolute atomic E-state index is 0.0649. The van der Waals surface area contributed by atoms with E-state index in [1.807, 2.05) is 0 Å². The second-order valence-electron chi connectivity index (χ2n) is 3.12. The lowest BCUT2D eigenvalue weighted by atomic mass is 10.00. The van der Waals surface area contributed by atoms with Crippen LogP contribution in [0.2, 0.25) is 0 Å². The van der Waals surface area contributed by atoms with Gasteiger partial charge in [-0.25, -0.2) is 0 Å². The van der Waals surface area contributed by atoms with Crippen molar-refractivity contribution in [1.29, 1.82) is 0 Å². The predicted molar refractivity (Wildman–Crippen MR) is 65.8 cm³/mol. The van der Waals surface area contributed by atoms with Crippen molar-refractivity contribution < 1.29 is 9.53 Å². The highest BCUT2D eigenvalue weighted by Crippen LogP contribution is 2.21. The lowest BCUT2D eigenvalue weighted by Gasteiger charge is -2.18. The maximum absolute atomic E-state index is 11.9. The molecule has 0 aromatic carbocycles. The van der Waals surface area contributed by atoms with E-state index in [1.165, 1.54) is 12.2 Å². The van der Waals surface area contributed by atoms with Gasteiger partial charge in [0.25, 0.3) is 0 Å². The van der Waals surface area contributed by atoms with E-state index in [9.17, 15) is 4.79 Å². The van der Waals surface area contributed by atoms with Gasteiger partial charge in [-0.05, 0) is 6.08 Å². The van der Waals surface area contributed by atoms with Crippen LogP contribution in [-0.2, 0) is 9.53 Å². The van der Waals surface area contributed by atoms with Gasteiger partial charge in [-0.1, -0.05) is 50.1 Å². The fraction of sp³-hybridized carbons (Fsp3) is 0.0714. The summed E-state index contributed by atoms with van der Waals surface area (Å²) in [5, 5.41) is 0. The first-order valence-electron chi connectivity index (χ1n) is 4.89. The summed E-state index contributed by atoms with van der Waals surface area (Å²) in [5.41, 5.74) is 1.05. The summed E-state index contributed by atoms with van der Waals surface area (Å²) in [6.45, 7) is 11.0. The number of ketones is 1. The Hall–Kier alpha value is -2.09. The number of rotatable bonds is 4. The van der Waals surface area contributed by atoms with Crippen LogP contribution >= 0.6 is 0 Å². The summed E-state index contributed by atoms with van der Waals surface area (Å²) in [7, 11) is 0. The Bertz CT molecular complexity index is 420. The van der Waals surface area contributed by atoms with Crippen LogP contribution in [0.5, 0.6) is 0 Å². The first-order valence-corrected chi connectivity index (χ1v) is 4.89. The molecule has 0 spiro atoms. The van der Waals surface area contributed by atoms with Crippen LogP contribution in [-0.4, -0.2) is 12.4 Å². The van der Waals surface area contributed by atoms with E-state index >= 15 is 0 Å². The van der Waals surface area contributed by atoms with Crippen molar-refractivity contribution in [2.75, 3.05) is 6.61 Å². The van der Waals surface area contributed by atoms with Gasteiger partial charge in [0, 0.05) is 5.57 Å². The van der Waals surface area contributed by atoms with E-state index in [2.05, 4.69) is 19.7 Å². The smallest absolute Gasteiger partial charge is 0.196 e. The van der Waals surface area contributed by atoms with E-state index in [1.54, 1.807) is 24.3 Å². The number of hydrogen-bond acceptors (Lipinski definition) is 2. The fourth-order valence-electron chi connectivity index (χ4n) is 1.32. The van der Waals surface area contributed by atoms with Crippen molar-refractivity contribution in [1.82, 2.24) is 0 Å². The normalized spacial score (nSPS) is 18.8. The highest BCUT2D eigenvalue weighted by atomic mass is 16.5. The Kier molecular flexibility index (Phi) is 4.28. The second-order valence-corrected chi connectivity index (χ2v) is 3.12. The SMILES string of the molecule is C=C/C=C\C=C1/COC(C=C)=C(C=C)C1=O. The average molecular weight is 214 g/mol. The Labute approximate surface area is 95.6 Å². The second kappa shape index (κ2) is 5.71. The molecule has 0 radical (unpaired) electrons. The van der Waals surface area contributed by atoms with E-state index in [-0.39, 0.29) is 12.4 Å². The maximum atomic E-state index is 11.9. The third-order valence-electron chi connectivity index (χ3n) is 2.12. The van der Waals surface area contributed by atoms with Gasteiger partial charge in [0.1, 0.15) is 12.4 Å². The van der Waals surface area contributed by atoms with Crippen molar-refractivity contribution >= 4 is 5.78 Å². The first-order chi connectivity index (χ1) is 7.74. The van der Waals surface area contributed by atoms with Gasteiger partial charge in [0.05, 0.1) is 5.57 Å². The molecule has 0 unspecified atom stereocenters. The molecule has 0 aromatic heterocycles. The van der Waals surface area contributed by atoms with E-state index < -0.39 is 0 Å². The van der Waals surface area contributed by atoms with E-state index in [4.69, 9.17) is 4.74 Å². The van der Waals surface area contributed by atoms with Crippen molar-refractivity contribution in [3.8, 4) is 0 Å². The van der Waals surface area contributed by atoms with Crippen LogP contribution in [0, 0.1) is 0 Å². The molecule has 0 saturated carbocycles. The minimum Gasteiger partial charge on any atom is -0.488 e. The summed E-state index contributed by atoms with van der Waals surface area (Å²) < 4.78 is 5.39. The Morgan fingerprint density at radius 1 is 1.12 bits per heavy atom. The topological polar surface area (TPSA) is 26.3 Å². The summed E-state index contributed by atoms with van der Waals surface area (Å²) in [6, 6.07) is 0. The van der Waals surface area contributed by atoms with Gasteiger partial charge in [-0.2, -0.15) is 0 Å². The zero-order valence-corrected chi connectivity index (χ0v) is 9.11. The largest absolute Gasteiger partial charge is 0.488 e. The van der Waals surface area contributed by atoms with E-state index in [0.717, 1.165) is 0 Å². The lowest BCUT2D eigenvalue weighted by molar-refractivity contribution is -0.113. The van der Waals surface area contributed by atoms with Gasteiger partial charge >= 0.3 is 0 Å². The number of Topliss-reactive ketones (excluding diaryl/α,β-unsaturated/α-hetero) is 1. The van der Waals surface area contributed by atoms with Crippen molar-refractivity contribution in [2.24, 2.45) is 0 Å². The molecule has 2 nitrogen and oxygen atoms in total.